The number of fused-ring (bicyclic) bond motifs is 1. The van der Waals surface area contributed by atoms with Gasteiger partial charge in [0.1, 0.15) is 16.4 Å². The van der Waals surface area contributed by atoms with E-state index in [9.17, 15) is 18.7 Å². The summed E-state index contributed by atoms with van der Waals surface area (Å²) in [6.07, 6.45) is 0.830. The molecule has 0 unspecified atom stereocenters. The largest absolute Gasteiger partial charge is 0.494 e. The first kappa shape index (κ1) is 31.9. The van der Waals surface area contributed by atoms with Crippen LogP contribution in [0.2, 0.25) is 5.15 Å². The monoisotopic (exact) mass is 611 g/mol. The Balaban J connectivity index is 0.000000231. The fraction of sp³-hybridized carbons (Fsp3) is 0.607. The van der Waals surface area contributed by atoms with Crippen LogP contribution in [0.5, 0.6) is 0 Å². The molecule has 0 radical (unpaired) electrons. The van der Waals surface area contributed by atoms with Gasteiger partial charge in [-0.25, -0.2) is 14.8 Å². The van der Waals surface area contributed by atoms with Crippen LogP contribution in [0.3, 0.4) is 0 Å². The van der Waals surface area contributed by atoms with Crippen LogP contribution in [0.4, 0.5) is 13.6 Å². The summed E-state index contributed by atoms with van der Waals surface area (Å²) in [4.78, 5) is 21.2. The molecule has 1 N–H and O–H groups in total. The predicted molar refractivity (Wildman–Crippen MR) is 155 cm³/mol. The van der Waals surface area contributed by atoms with E-state index in [0.29, 0.717) is 23.9 Å². The average Bonchev–Trinajstić information content (AvgIpc) is 3.26. The minimum absolute atomic E-state index is 0.163. The minimum atomic E-state index is -2.84. The molecule has 13 heteroatoms. The van der Waals surface area contributed by atoms with Crippen molar-refractivity contribution in [2.45, 2.75) is 94.7 Å². The highest BCUT2D eigenvalue weighted by Crippen LogP contribution is 2.43. The number of halogens is 3. The van der Waals surface area contributed by atoms with Crippen LogP contribution in [0.1, 0.15) is 71.7 Å². The van der Waals surface area contributed by atoms with Crippen molar-refractivity contribution in [3.8, 4) is 0 Å². The molecule has 1 aromatic heterocycles. The molecule has 2 aromatic rings. The van der Waals surface area contributed by atoms with Crippen LogP contribution < -0.4 is 5.46 Å². The highest BCUT2D eigenvalue weighted by Gasteiger charge is 2.54. The number of aromatic nitrogens is 2. The lowest BCUT2D eigenvalue weighted by Gasteiger charge is -2.53. The molecule has 2 saturated heterocycles. The Labute approximate surface area is 249 Å². The van der Waals surface area contributed by atoms with Crippen LogP contribution in [0.25, 0.3) is 0 Å². The Bertz CT molecular complexity index is 1290. The number of carboxylic acid groups (broad SMARTS) is 1. The highest BCUT2D eigenvalue weighted by atomic mass is 35.5. The first-order valence-corrected chi connectivity index (χ1v) is 15.0. The lowest BCUT2D eigenvalue weighted by Crippen LogP contribution is -2.66. The van der Waals surface area contributed by atoms with E-state index in [2.05, 4.69) is 9.97 Å². The van der Waals surface area contributed by atoms with Gasteiger partial charge in [-0.3, -0.25) is 4.90 Å². The van der Waals surface area contributed by atoms with Crippen LogP contribution >= 0.6 is 23.4 Å². The Morgan fingerprint density at radius 3 is 2.07 bits per heavy atom. The molecule has 0 atom stereocenters. The van der Waals surface area contributed by atoms with Crippen molar-refractivity contribution >= 4 is 42.0 Å². The molecule has 41 heavy (non-hydrogen) atoms. The summed E-state index contributed by atoms with van der Waals surface area (Å²) in [6.45, 7) is 14.5. The van der Waals surface area contributed by atoms with Crippen LogP contribution in [0, 0.1) is 0 Å². The van der Waals surface area contributed by atoms with Gasteiger partial charge in [0.25, 0.3) is 5.92 Å². The van der Waals surface area contributed by atoms with Crippen molar-refractivity contribution in [2.75, 3.05) is 19.5 Å². The van der Waals surface area contributed by atoms with Gasteiger partial charge in [-0.2, -0.15) is 8.78 Å². The number of rotatable bonds is 4. The molecule has 0 bridgehead atoms. The van der Waals surface area contributed by atoms with E-state index >= 15 is 0 Å². The van der Waals surface area contributed by atoms with E-state index in [-0.39, 0.29) is 23.7 Å². The average molecular weight is 612 g/mol. The van der Waals surface area contributed by atoms with Gasteiger partial charge in [0.2, 0.25) is 0 Å². The summed E-state index contributed by atoms with van der Waals surface area (Å²) in [7, 11) is -0.434. The zero-order valence-electron chi connectivity index (χ0n) is 24.7. The molecule has 3 aliphatic rings. The van der Waals surface area contributed by atoms with E-state index in [1.54, 1.807) is 6.26 Å². The van der Waals surface area contributed by atoms with Crippen molar-refractivity contribution < 1.29 is 32.7 Å². The summed E-state index contributed by atoms with van der Waals surface area (Å²) in [5.41, 5.74) is 0.0452. The second kappa shape index (κ2) is 10.9. The quantitative estimate of drug-likeness (QED) is 0.198. The van der Waals surface area contributed by atoms with E-state index in [4.69, 9.17) is 25.6 Å². The van der Waals surface area contributed by atoms with Gasteiger partial charge in [-0.15, -0.1) is 0 Å². The Morgan fingerprint density at radius 1 is 1.07 bits per heavy atom. The number of nitrogens with zero attached hydrogens (tertiary/aromatic N) is 3. The Morgan fingerprint density at radius 2 is 1.63 bits per heavy atom. The van der Waals surface area contributed by atoms with E-state index in [0.717, 1.165) is 11.0 Å². The number of carbonyl (C=O) groups is 1. The molecule has 2 fully saturated rings. The molecule has 0 saturated carbocycles. The van der Waals surface area contributed by atoms with E-state index < -0.39 is 41.4 Å². The van der Waals surface area contributed by atoms with E-state index in [1.165, 1.54) is 16.7 Å². The first-order chi connectivity index (χ1) is 18.8. The molecule has 2 aliphatic heterocycles. The number of ether oxygens (including phenoxy) is 1. The summed E-state index contributed by atoms with van der Waals surface area (Å²) in [5, 5.41) is 10.3. The molecule has 8 nitrogen and oxygen atoms in total. The maximum absolute atomic E-state index is 13.3. The van der Waals surface area contributed by atoms with Gasteiger partial charge in [-0.05, 0) is 72.2 Å². The van der Waals surface area contributed by atoms with Gasteiger partial charge in [-0.1, -0.05) is 47.6 Å². The van der Waals surface area contributed by atoms with Gasteiger partial charge < -0.3 is 19.2 Å². The van der Waals surface area contributed by atoms with Crippen LogP contribution in [-0.4, -0.2) is 69.4 Å². The summed E-state index contributed by atoms with van der Waals surface area (Å²) < 4.78 is 44.2. The molecule has 1 amide bonds. The summed E-state index contributed by atoms with van der Waals surface area (Å²) in [6, 6.07) is 7.84. The lowest BCUT2D eigenvalue weighted by molar-refractivity contribution is -0.157. The van der Waals surface area contributed by atoms with Crippen LogP contribution in [0.15, 0.2) is 29.4 Å². The third-order valence-corrected chi connectivity index (χ3v) is 8.96. The zero-order chi connectivity index (χ0) is 30.6. The fourth-order valence-electron chi connectivity index (χ4n) is 5.22. The van der Waals surface area contributed by atoms with Crippen molar-refractivity contribution in [1.82, 2.24) is 14.9 Å². The number of thioether (sulfide) groups is 1. The third-order valence-electron chi connectivity index (χ3n) is 8.10. The van der Waals surface area contributed by atoms with Gasteiger partial charge in [0.05, 0.1) is 24.4 Å². The van der Waals surface area contributed by atoms with Crippen molar-refractivity contribution in [3.63, 3.8) is 0 Å². The van der Waals surface area contributed by atoms with Crippen molar-refractivity contribution in [2.24, 2.45) is 0 Å². The lowest BCUT2D eigenvalue weighted by atomic mass is 9.76. The molecule has 1 aliphatic carbocycles. The second-order valence-electron chi connectivity index (χ2n) is 12.6. The van der Waals surface area contributed by atoms with Crippen LogP contribution in [-0.2, 0) is 31.9 Å². The first-order valence-electron chi connectivity index (χ1n) is 13.4. The molecule has 224 valence electrons. The number of hydrogen-bond donors (Lipinski definition) is 1. The van der Waals surface area contributed by atoms with Gasteiger partial charge in [0.15, 0.2) is 5.16 Å². The molecule has 1 aromatic carbocycles. The molecular formula is C28H37BClF2N3O5S. The highest BCUT2D eigenvalue weighted by molar-refractivity contribution is 7.98. The van der Waals surface area contributed by atoms with Gasteiger partial charge in [0, 0.05) is 17.5 Å². The number of amides is 1. The summed E-state index contributed by atoms with van der Waals surface area (Å²) in [5.74, 6) is -2.84. The number of hydrogen-bond acceptors (Lipinski definition) is 7. The zero-order valence-corrected chi connectivity index (χ0v) is 26.3. The molecular weight excluding hydrogens is 575 g/mol. The molecule has 0 spiro atoms. The Hall–Kier alpha value is -1.99. The number of benzene rings is 1. The Kier molecular flexibility index (Phi) is 8.52. The maximum Gasteiger partial charge on any atom is 0.494 e. The smallest absolute Gasteiger partial charge is 0.465 e. The van der Waals surface area contributed by atoms with Crippen molar-refractivity contribution in [1.29, 1.82) is 0 Å². The normalized spacial score (nSPS) is 21.4. The maximum atomic E-state index is 13.3. The van der Waals surface area contributed by atoms with Crippen molar-refractivity contribution in [3.05, 3.63) is 46.2 Å². The second-order valence-corrected chi connectivity index (χ2v) is 13.7. The number of alkyl halides is 2. The van der Waals surface area contributed by atoms with E-state index in [1.807, 2.05) is 72.7 Å². The summed E-state index contributed by atoms with van der Waals surface area (Å²) >= 11 is 6.99. The third kappa shape index (κ3) is 5.95. The SMILES string of the molecule is CC(C)(C)N(C(=O)O)C1(c2ccc(B3OC(C)(C)C(C)(C)O3)cc2)COC1.CSc1nc(Cl)c2c(n1)C(F)(F)CC2. The molecule has 5 rings (SSSR count). The minimum Gasteiger partial charge on any atom is -0.465 e. The molecule has 3 heterocycles. The predicted octanol–water partition coefficient (Wildman–Crippen LogP) is 5.88. The topological polar surface area (TPSA) is 94.0 Å². The van der Waals surface area contributed by atoms with Gasteiger partial charge >= 0.3 is 13.2 Å². The standard InChI is InChI=1S/C20H30BNO5.C8H7ClF2N2S/c1-17(2,3)22(16(23)24)20(12-25-13-20)14-8-10-15(11-9-14)21-26-18(4,5)19(6,7)27-21;1-14-7-12-5-4(6(9)13-7)2-3-8(5,10)11/h8-11H,12-13H2,1-7H3,(H,23,24);2-3H2,1H3. The fourth-order valence-corrected chi connectivity index (χ4v) is 5.89.